The first kappa shape index (κ1) is 6.54. The Kier molecular flexibility index (Phi) is 1.30. The molecule has 1 aromatic rings. The van der Waals surface area contributed by atoms with Crippen LogP contribution in [0.2, 0.25) is 0 Å². The maximum Gasteiger partial charge on any atom is 0.183 e. The molecule has 0 saturated heterocycles. The topological polar surface area (TPSA) is 92.5 Å². The number of benzene rings is 1. The monoisotopic (exact) mass is 140 g/mol. The maximum absolute atomic E-state index is 8.93. The van der Waals surface area contributed by atoms with Gasteiger partial charge in [0.05, 0.1) is 11.4 Å². The average molecular weight is 140 g/mol. The van der Waals surface area contributed by atoms with E-state index in [2.05, 4.69) is 0 Å². The Morgan fingerprint density at radius 1 is 0.900 bits per heavy atom. The minimum absolute atomic E-state index is 0.117. The SMILES string of the molecule is Nc1ccc(N)c(O)c1O. The van der Waals surface area contributed by atoms with Crippen LogP contribution in [0.5, 0.6) is 11.5 Å². The molecule has 0 aromatic heterocycles. The quantitative estimate of drug-likeness (QED) is 0.307. The molecule has 1 aromatic carbocycles. The highest BCUT2D eigenvalue weighted by molar-refractivity contribution is 5.69. The van der Waals surface area contributed by atoms with Crippen molar-refractivity contribution < 1.29 is 10.2 Å². The van der Waals surface area contributed by atoms with Crippen LogP contribution in [0.15, 0.2) is 12.1 Å². The highest BCUT2D eigenvalue weighted by atomic mass is 16.3. The standard InChI is InChI=1S/C6H8N2O2/c7-3-1-2-4(8)6(10)5(3)9/h1-2,9-10H,7-8H2. The minimum atomic E-state index is -0.361. The van der Waals surface area contributed by atoms with Crippen molar-refractivity contribution in [3.8, 4) is 11.5 Å². The molecule has 4 nitrogen and oxygen atoms in total. The summed E-state index contributed by atoms with van der Waals surface area (Å²) in [7, 11) is 0. The first-order valence-corrected chi connectivity index (χ1v) is 2.69. The van der Waals surface area contributed by atoms with E-state index in [-0.39, 0.29) is 22.9 Å². The van der Waals surface area contributed by atoms with Crippen LogP contribution in [-0.2, 0) is 0 Å². The summed E-state index contributed by atoms with van der Waals surface area (Å²) >= 11 is 0. The van der Waals surface area contributed by atoms with Crippen LogP contribution < -0.4 is 11.5 Å². The smallest absolute Gasteiger partial charge is 0.183 e. The fraction of sp³-hybridized carbons (Fsp3) is 0. The third-order valence-corrected chi connectivity index (χ3v) is 1.21. The summed E-state index contributed by atoms with van der Waals surface area (Å²) in [5, 5.41) is 17.9. The van der Waals surface area contributed by atoms with Crippen molar-refractivity contribution in [3.63, 3.8) is 0 Å². The van der Waals surface area contributed by atoms with E-state index in [9.17, 15) is 0 Å². The number of nitrogen functional groups attached to an aromatic ring is 2. The Morgan fingerprint density at radius 3 is 1.50 bits per heavy atom. The lowest BCUT2D eigenvalue weighted by Gasteiger charge is -2.02. The van der Waals surface area contributed by atoms with Crippen molar-refractivity contribution in [2.75, 3.05) is 11.5 Å². The number of phenols is 2. The van der Waals surface area contributed by atoms with Gasteiger partial charge in [-0.05, 0) is 12.1 Å². The van der Waals surface area contributed by atoms with Gasteiger partial charge in [-0.2, -0.15) is 0 Å². The fourth-order valence-electron chi connectivity index (χ4n) is 0.611. The lowest BCUT2D eigenvalue weighted by atomic mass is 10.2. The van der Waals surface area contributed by atoms with E-state index in [0.717, 1.165) is 0 Å². The van der Waals surface area contributed by atoms with Gasteiger partial charge in [0.25, 0.3) is 0 Å². The summed E-state index contributed by atoms with van der Waals surface area (Å²) in [6, 6.07) is 2.84. The van der Waals surface area contributed by atoms with Crippen LogP contribution in [0.4, 0.5) is 11.4 Å². The van der Waals surface area contributed by atoms with Crippen molar-refractivity contribution in [3.05, 3.63) is 12.1 Å². The number of phenolic OH excluding ortho intramolecular Hbond substituents is 2. The Bertz CT molecular complexity index is 233. The summed E-state index contributed by atoms with van der Waals surface area (Å²) in [5.74, 6) is -0.722. The van der Waals surface area contributed by atoms with Crippen LogP contribution >= 0.6 is 0 Å². The molecule has 0 aliphatic heterocycles. The Hall–Kier alpha value is -1.58. The van der Waals surface area contributed by atoms with Crippen LogP contribution in [0.25, 0.3) is 0 Å². The third-order valence-electron chi connectivity index (χ3n) is 1.21. The average Bonchev–Trinajstić information content (AvgIpc) is 1.93. The molecule has 0 unspecified atom stereocenters. The number of rotatable bonds is 0. The molecule has 0 aliphatic rings. The summed E-state index contributed by atoms with van der Waals surface area (Å²) < 4.78 is 0. The van der Waals surface area contributed by atoms with Gasteiger partial charge in [-0.15, -0.1) is 0 Å². The van der Waals surface area contributed by atoms with Gasteiger partial charge in [0.2, 0.25) is 0 Å². The van der Waals surface area contributed by atoms with Gasteiger partial charge in [0.1, 0.15) is 0 Å². The predicted octanol–water partition coefficient (Wildman–Crippen LogP) is 0.262. The zero-order chi connectivity index (χ0) is 7.72. The van der Waals surface area contributed by atoms with Crippen molar-refractivity contribution >= 4 is 11.4 Å². The molecule has 10 heavy (non-hydrogen) atoms. The van der Waals surface area contributed by atoms with E-state index in [1.807, 2.05) is 0 Å². The van der Waals surface area contributed by atoms with Gasteiger partial charge >= 0.3 is 0 Å². The summed E-state index contributed by atoms with van der Waals surface area (Å²) in [5.41, 5.74) is 10.7. The number of nitrogens with two attached hydrogens (primary N) is 2. The lowest BCUT2D eigenvalue weighted by Crippen LogP contribution is -1.89. The fourth-order valence-corrected chi connectivity index (χ4v) is 0.611. The number of aromatic hydroxyl groups is 2. The molecule has 0 bridgehead atoms. The van der Waals surface area contributed by atoms with E-state index < -0.39 is 0 Å². The highest BCUT2D eigenvalue weighted by Gasteiger charge is 2.05. The Balaban J connectivity index is 3.34. The molecule has 0 saturated carbocycles. The zero-order valence-electron chi connectivity index (χ0n) is 5.20. The number of hydrogen-bond acceptors (Lipinski definition) is 4. The minimum Gasteiger partial charge on any atom is -0.503 e. The molecule has 0 aliphatic carbocycles. The van der Waals surface area contributed by atoms with Gasteiger partial charge in [0, 0.05) is 0 Å². The second-order valence-corrected chi connectivity index (χ2v) is 1.94. The molecule has 0 atom stereocenters. The van der Waals surface area contributed by atoms with E-state index in [0.29, 0.717) is 0 Å². The van der Waals surface area contributed by atoms with Gasteiger partial charge in [-0.1, -0.05) is 0 Å². The third kappa shape index (κ3) is 0.793. The maximum atomic E-state index is 8.93. The van der Waals surface area contributed by atoms with Gasteiger partial charge < -0.3 is 21.7 Å². The summed E-state index contributed by atoms with van der Waals surface area (Å²) in [6.45, 7) is 0. The molecule has 0 amide bonds. The van der Waals surface area contributed by atoms with Crippen LogP contribution in [0.1, 0.15) is 0 Å². The first-order valence-electron chi connectivity index (χ1n) is 2.69. The van der Waals surface area contributed by atoms with Crippen LogP contribution in [-0.4, -0.2) is 10.2 Å². The molecule has 4 heteroatoms. The van der Waals surface area contributed by atoms with Crippen LogP contribution in [0.3, 0.4) is 0 Å². The molecule has 0 fully saturated rings. The number of anilines is 2. The van der Waals surface area contributed by atoms with E-state index in [1.165, 1.54) is 12.1 Å². The van der Waals surface area contributed by atoms with E-state index in [1.54, 1.807) is 0 Å². The molecular weight excluding hydrogens is 132 g/mol. The molecule has 0 heterocycles. The molecule has 0 radical (unpaired) electrons. The Morgan fingerprint density at radius 2 is 1.20 bits per heavy atom. The largest absolute Gasteiger partial charge is 0.503 e. The predicted molar refractivity (Wildman–Crippen MR) is 38.6 cm³/mol. The molecule has 6 N–H and O–H groups in total. The van der Waals surface area contributed by atoms with Crippen molar-refractivity contribution in [2.45, 2.75) is 0 Å². The molecule has 54 valence electrons. The second kappa shape index (κ2) is 1.98. The van der Waals surface area contributed by atoms with Crippen molar-refractivity contribution in [1.29, 1.82) is 0 Å². The van der Waals surface area contributed by atoms with Gasteiger partial charge in [-0.3, -0.25) is 0 Å². The normalized spacial score (nSPS) is 9.60. The number of hydrogen-bond donors (Lipinski definition) is 4. The second-order valence-electron chi connectivity index (χ2n) is 1.94. The van der Waals surface area contributed by atoms with Gasteiger partial charge in [0.15, 0.2) is 11.5 Å². The summed E-state index contributed by atoms with van der Waals surface area (Å²) in [6.07, 6.45) is 0. The van der Waals surface area contributed by atoms with E-state index >= 15 is 0 Å². The van der Waals surface area contributed by atoms with Crippen molar-refractivity contribution in [1.82, 2.24) is 0 Å². The highest BCUT2D eigenvalue weighted by Crippen LogP contribution is 2.35. The van der Waals surface area contributed by atoms with E-state index in [4.69, 9.17) is 21.7 Å². The molecule has 1 rings (SSSR count). The van der Waals surface area contributed by atoms with Crippen LogP contribution in [0, 0.1) is 0 Å². The zero-order valence-corrected chi connectivity index (χ0v) is 5.20. The van der Waals surface area contributed by atoms with Gasteiger partial charge in [-0.25, -0.2) is 0 Å². The molecule has 0 spiro atoms. The van der Waals surface area contributed by atoms with Crippen molar-refractivity contribution in [2.24, 2.45) is 0 Å². The summed E-state index contributed by atoms with van der Waals surface area (Å²) in [4.78, 5) is 0. The Labute approximate surface area is 57.7 Å². The molecular formula is C6H8N2O2. The lowest BCUT2D eigenvalue weighted by molar-refractivity contribution is 0.407. The first-order chi connectivity index (χ1) is 4.63.